The number of rotatable bonds is 5. The van der Waals surface area contributed by atoms with E-state index in [2.05, 4.69) is 16.9 Å². The smallest absolute Gasteiger partial charge is 0.0493 e. The number of benzene rings is 1. The van der Waals surface area contributed by atoms with Crippen LogP contribution in [0.25, 0.3) is 0 Å². The van der Waals surface area contributed by atoms with Crippen LogP contribution in [0, 0.1) is 0 Å². The lowest BCUT2D eigenvalue weighted by atomic mass is 10.0. The molecule has 3 N–H and O–H groups in total. The highest BCUT2D eigenvalue weighted by Gasteiger charge is 2.16. The molecule has 0 aliphatic rings. The van der Waals surface area contributed by atoms with Crippen LogP contribution in [-0.4, -0.2) is 0 Å². The van der Waals surface area contributed by atoms with Crippen molar-refractivity contribution in [2.24, 2.45) is 5.84 Å². The number of nitrogens with two attached hydrogens (primary N) is 1. The van der Waals surface area contributed by atoms with Gasteiger partial charge in [-0.2, -0.15) is 0 Å². The van der Waals surface area contributed by atoms with Crippen molar-refractivity contribution in [3.05, 3.63) is 56.2 Å². The summed E-state index contributed by atoms with van der Waals surface area (Å²) in [6.07, 6.45) is 1.81. The third-order valence-electron chi connectivity index (χ3n) is 2.81. The molecule has 0 aliphatic heterocycles. The number of hydrogen-bond donors (Lipinski definition) is 2. The van der Waals surface area contributed by atoms with Crippen LogP contribution in [-0.2, 0) is 6.42 Å². The van der Waals surface area contributed by atoms with Crippen LogP contribution in [0.4, 0.5) is 0 Å². The van der Waals surface area contributed by atoms with Crippen molar-refractivity contribution < 1.29 is 0 Å². The highest BCUT2D eigenvalue weighted by atomic mass is 35.5. The molecule has 5 heteroatoms. The van der Waals surface area contributed by atoms with Crippen LogP contribution in [0.1, 0.15) is 22.9 Å². The molecule has 2 aromatic rings. The minimum Gasteiger partial charge on any atom is -0.271 e. The minimum atomic E-state index is -0.0340. The number of thiophene rings is 1. The molecule has 1 atom stereocenters. The summed E-state index contributed by atoms with van der Waals surface area (Å²) < 4.78 is 0. The monoisotopic (exact) mass is 300 g/mol. The molecule has 1 aromatic carbocycles. The second kappa shape index (κ2) is 6.55. The van der Waals surface area contributed by atoms with E-state index in [0.717, 1.165) is 18.4 Å². The Labute approximate surface area is 121 Å². The summed E-state index contributed by atoms with van der Waals surface area (Å²) >= 11 is 14.1. The van der Waals surface area contributed by atoms with Crippen LogP contribution in [0.5, 0.6) is 0 Å². The molecule has 2 nitrogen and oxygen atoms in total. The summed E-state index contributed by atoms with van der Waals surface area (Å²) in [4.78, 5) is 1.33. The van der Waals surface area contributed by atoms with Crippen molar-refractivity contribution >= 4 is 34.5 Å². The maximum atomic E-state index is 6.19. The average Bonchev–Trinajstić information content (AvgIpc) is 2.86. The quantitative estimate of drug-likeness (QED) is 0.642. The fourth-order valence-corrected chi connectivity index (χ4v) is 3.28. The SMILES string of the molecule is NNC(CCc1cccs1)c1c(Cl)cccc1Cl. The van der Waals surface area contributed by atoms with Gasteiger partial charge < -0.3 is 0 Å². The zero-order valence-corrected chi connectivity index (χ0v) is 12.0. The summed E-state index contributed by atoms with van der Waals surface area (Å²) in [6.45, 7) is 0. The second-order valence-corrected chi connectivity index (χ2v) is 5.82. The molecule has 0 saturated carbocycles. The van der Waals surface area contributed by atoms with E-state index < -0.39 is 0 Å². The maximum Gasteiger partial charge on any atom is 0.0493 e. The zero-order valence-electron chi connectivity index (χ0n) is 9.70. The van der Waals surface area contributed by atoms with Gasteiger partial charge in [-0.05, 0) is 36.4 Å². The summed E-state index contributed by atoms with van der Waals surface area (Å²) in [5.74, 6) is 5.62. The Morgan fingerprint density at radius 3 is 2.44 bits per heavy atom. The molecule has 2 rings (SSSR count). The van der Waals surface area contributed by atoms with Gasteiger partial charge in [-0.1, -0.05) is 35.3 Å². The third kappa shape index (κ3) is 3.25. The standard InChI is InChI=1S/C13H14Cl2N2S/c14-10-4-1-5-11(15)13(10)12(17-16)7-6-9-3-2-8-18-9/h1-5,8,12,17H,6-7,16H2. The molecule has 0 bridgehead atoms. The topological polar surface area (TPSA) is 38.0 Å². The van der Waals surface area contributed by atoms with Gasteiger partial charge in [0.2, 0.25) is 0 Å². The summed E-state index contributed by atoms with van der Waals surface area (Å²) in [6, 6.07) is 9.63. The molecule has 0 spiro atoms. The van der Waals surface area contributed by atoms with Gasteiger partial charge in [-0.3, -0.25) is 11.3 Å². The highest BCUT2D eigenvalue weighted by Crippen LogP contribution is 2.32. The highest BCUT2D eigenvalue weighted by molar-refractivity contribution is 7.09. The fourth-order valence-electron chi connectivity index (χ4n) is 1.90. The summed E-state index contributed by atoms with van der Waals surface area (Å²) in [5.41, 5.74) is 3.67. The predicted molar refractivity (Wildman–Crippen MR) is 79.2 cm³/mol. The normalized spacial score (nSPS) is 12.6. The lowest BCUT2D eigenvalue weighted by Crippen LogP contribution is -2.28. The van der Waals surface area contributed by atoms with Gasteiger partial charge in [-0.15, -0.1) is 11.3 Å². The van der Waals surface area contributed by atoms with Gasteiger partial charge >= 0.3 is 0 Å². The first kappa shape index (κ1) is 13.8. The number of hydrogen-bond acceptors (Lipinski definition) is 3. The van der Waals surface area contributed by atoms with E-state index in [1.54, 1.807) is 11.3 Å². The van der Waals surface area contributed by atoms with E-state index in [1.807, 2.05) is 24.3 Å². The van der Waals surface area contributed by atoms with Crippen molar-refractivity contribution in [1.29, 1.82) is 0 Å². The zero-order chi connectivity index (χ0) is 13.0. The Morgan fingerprint density at radius 2 is 1.89 bits per heavy atom. The summed E-state index contributed by atoms with van der Waals surface area (Å²) in [5, 5.41) is 3.37. The van der Waals surface area contributed by atoms with Gasteiger partial charge in [0.1, 0.15) is 0 Å². The fraction of sp³-hybridized carbons (Fsp3) is 0.231. The molecular weight excluding hydrogens is 287 g/mol. The molecule has 96 valence electrons. The molecule has 1 aromatic heterocycles. The van der Waals surface area contributed by atoms with E-state index in [-0.39, 0.29) is 6.04 Å². The van der Waals surface area contributed by atoms with Crippen molar-refractivity contribution in [3.63, 3.8) is 0 Å². The van der Waals surface area contributed by atoms with Crippen molar-refractivity contribution in [1.82, 2.24) is 5.43 Å². The van der Waals surface area contributed by atoms with Crippen molar-refractivity contribution in [2.45, 2.75) is 18.9 Å². The Bertz CT molecular complexity index is 479. The molecule has 0 saturated heterocycles. The number of halogens is 2. The van der Waals surface area contributed by atoms with E-state index in [0.29, 0.717) is 10.0 Å². The Hall–Kier alpha value is -0.580. The minimum absolute atomic E-state index is 0.0340. The van der Waals surface area contributed by atoms with E-state index in [4.69, 9.17) is 29.0 Å². The largest absolute Gasteiger partial charge is 0.271 e. The second-order valence-electron chi connectivity index (χ2n) is 3.97. The maximum absolute atomic E-state index is 6.19. The average molecular weight is 301 g/mol. The number of hydrazine groups is 1. The summed E-state index contributed by atoms with van der Waals surface area (Å²) in [7, 11) is 0. The molecular formula is C13H14Cl2N2S. The van der Waals surface area contributed by atoms with Crippen molar-refractivity contribution in [2.75, 3.05) is 0 Å². The Balaban J connectivity index is 2.13. The Kier molecular flexibility index (Phi) is 5.03. The van der Waals surface area contributed by atoms with Crippen LogP contribution in [0.15, 0.2) is 35.7 Å². The van der Waals surface area contributed by atoms with Gasteiger partial charge in [0.25, 0.3) is 0 Å². The van der Waals surface area contributed by atoms with Gasteiger partial charge in [0, 0.05) is 26.5 Å². The lowest BCUT2D eigenvalue weighted by Gasteiger charge is -2.18. The van der Waals surface area contributed by atoms with E-state index in [9.17, 15) is 0 Å². The molecule has 0 fully saturated rings. The van der Waals surface area contributed by atoms with Crippen LogP contribution in [0.2, 0.25) is 10.0 Å². The van der Waals surface area contributed by atoms with Crippen LogP contribution in [0.3, 0.4) is 0 Å². The number of nitrogens with one attached hydrogen (secondary N) is 1. The van der Waals surface area contributed by atoms with Crippen LogP contribution >= 0.6 is 34.5 Å². The van der Waals surface area contributed by atoms with E-state index >= 15 is 0 Å². The molecule has 18 heavy (non-hydrogen) atoms. The molecule has 0 aliphatic carbocycles. The van der Waals surface area contributed by atoms with Gasteiger partial charge in [-0.25, -0.2) is 0 Å². The first-order chi connectivity index (χ1) is 8.72. The van der Waals surface area contributed by atoms with E-state index in [1.165, 1.54) is 4.88 Å². The Morgan fingerprint density at radius 1 is 1.17 bits per heavy atom. The first-order valence-corrected chi connectivity index (χ1v) is 7.28. The predicted octanol–water partition coefficient (Wildman–Crippen LogP) is 4.19. The molecule has 1 unspecified atom stereocenters. The lowest BCUT2D eigenvalue weighted by molar-refractivity contribution is 0.518. The van der Waals surface area contributed by atoms with Gasteiger partial charge in [0.05, 0.1) is 0 Å². The van der Waals surface area contributed by atoms with Gasteiger partial charge in [0.15, 0.2) is 0 Å². The van der Waals surface area contributed by atoms with Crippen LogP contribution < -0.4 is 11.3 Å². The molecule has 0 amide bonds. The molecule has 1 heterocycles. The number of aryl methyl sites for hydroxylation is 1. The first-order valence-electron chi connectivity index (χ1n) is 5.64. The van der Waals surface area contributed by atoms with Crippen molar-refractivity contribution in [3.8, 4) is 0 Å². The third-order valence-corrected chi connectivity index (χ3v) is 4.40. The molecule has 0 radical (unpaired) electrons.